The summed E-state index contributed by atoms with van der Waals surface area (Å²) in [6.07, 6.45) is 0.907. The number of hydrogen-bond donors (Lipinski definition) is 5. The minimum absolute atomic E-state index is 0.210. The van der Waals surface area contributed by atoms with Crippen LogP contribution in [-0.4, -0.2) is 34.6 Å². The molecular weight excluding hydrogens is 262 g/mol. The quantitative estimate of drug-likeness (QED) is 0.334. The third-order valence-electron chi connectivity index (χ3n) is 2.73. The van der Waals surface area contributed by atoms with Crippen LogP contribution in [0.2, 0.25) is 0 Å². The highest BCUT2D eigenvalue weighted by Gasteiger charge is 2.14. The maximum atomic E-state index is 11.7. The number of nitrogens with two attached hydrogens (primary N) is 2. The molecule has 110 valence electrons. The topological polar surface area (TPSA) is 139 Å². The first kappa shape index (κ1) is 15.8. The molecule has 7 N–H and O–H groups in total. The second-order valence-corrected chi connectivity index (χ2v) is 4.49. The van der Waals surface area contributed by atoms with E-state index < -0.39 is 11.9 Å². The second-order valence-electron chi connectivity index (χ2n) is 4.49. The predicted octanol–water partition coefficient (Wildman–Crippen LogP) is -0.651. The maximum Gasteiger partial charge on any atom is 0.237 e. The molecule has 1 rings (SSSR count). The predicted molar refractivity (Wildman–Crippen MR) is 72.9 cm³/mol. The molecule has 0 heterocycles. The van der Waals surface area contributed by atoms with Gasteiger partial charge < -0.3 is 27.0 Å². The number of benzene rings is 1. The molecule has 1 aromatic carbocycles. The second kappa shape index (κ2) is 7.34. The van der Waals surface area contributed by atoms with Gasteiger partial charge in [-0.3, -0.25) is 9.59 Å². The Kier molecular flexibility index (Phi) is 5.79. The molecule has 7 nitrogen and oxygen atoms in total. The third-order valence-corrected chi connectivity index (χ3v) is 2.73. The molecule has 1 aromatic rings. The molecule has 1 atom stereocenters. The lowest BCUT2D eigenvalue weighted by atomic mass is 10.1. The summed E-state index contributed by atoms with van der Waals surface area (Å²) in [6, 6.07) is 3.50. The van der Waals surface area contributed by atoms with Crippen LogP contribution in [-0.2, 0) is 16.0 Å². The SMILES string of the molecule is NC(=O)CCCNC(=O)[C@@H](N)Cc1ccc(O)c(O)c1. The van der Waals surface area contributed by atoms with E-state index in [2.05, 4.69) is 5.32 Å². The Morgan fingerprint density at radius 2 is 1.95 bits per heavy atom. The van der Waals surface area contributed by atoms with Crippen LogP contribution in [0.3, 0.4) is 0 Å². The van der Waals surface area contributed by atoms with E-state index in [1.165, 1.54) is 12.1 Å². The number of aromatic hydroxyl groups is 2. The maximum absolute atomic E-state index is 11.7. The molecule has 0 aliphatic rings. The van der Waals surface area contributed by atoms with Crippen LogP contribution in [0.4, 0.5) is 0 Å². The van der Waals surface area contributed by atoms with Crippen molar-refractivity contribution in [2.24, 2.45) is 11.5 Å². The number of amides is 2. The fraction of sp³-hybridized carbons (Fsp3) is 0.385. The number of rotatable bonds is 7. The fourth-order valence-corrected chi connectivity index (χ4v) is 1.65. The average molecular weight is 281 g/mol. The number of carbonyl (C=O) groups excluding carboxylic acids is 2. The molecule has 0 aromatic heterocycles. The normalized spacial score (nSPS) is 11.8. The standard InChI is InChI=1S/C13H19N3O4/c14-9(13(20)16-5-1-2-12(15)19)6-8-3-4-10(17)11(18)7-8/h3-4,7,9,17-18H,1-2,5-6,14H2,(H2,15,19)(H,16,20)/t9-/m0/s1. The first-order chi connectivity index (χ1) is 9.40. The van der Waals surface area contributed by atoms with Crippen LogP contribution in [0.25, 0.3) is 0 Å². The van der Waals surface area contributed by atoms with E-state index in [0.29, 0.717) is 18.5 Å². The summed E-state index contributed by atoms with van der Waals surface area (Å²) in [6.45, 7) is 0.330. The molecule has 0 spiro atoms. The number of nitrogens with one attached hydrogen (secondary N) is 1. The van der Waals surface area contributed by atoms with Crippen molar-refractivity contribution in [1.82, 2.24) is 5.32 Å². The van der Waals surface area contributed by atoms with Crippen LogP contribution in [0.5, 0.6) is 11.5 Å². The smallest absolute Gasteiger partial charge is 0.237 e. The summed E-state index contributed by atoms with van der Waals surface area (Å²) in [5.41, 5.74) is 11.3. The van der Waals surface area contributed by atoms with E-state index in [-0.39, 0.29) is 30.2 Å². The van der Waals surface area contributed by atoms with Crippen molar-refractivity contribution in [3.05, 3.63) is 23.8 Å². The molecule has 20 heavy (non-hydrogen) atoms. The molecule has 2 amide bonds. The Balaban J connectivity index is 2.41. The van der Waals surface area contributed by atoms with Gasteiger partial charge in [-0.1, -0.05) is 6.07 Å². The zero-order valence-corrected chi connectivity index (χ0v) is 11.0. The molecule has 0 unspecified atom stereocenters. The van der Waals surface area contributed by atoms with Crippen LogP contribution in [0, 0.1) is 0 Å². The summed E-state index contributed by atoms with van der Waals surface area (Å²) >= 11 is 0. The Labute approximate surface area is 116 Å². The summed E-state index contributed by atoms with van der Waals surface area (Å²) in [5.74, 6) is -1.24. The third kappa shape index (κ3) is 5.15. The van der Waals surface area contributed by atoms with E-state index in [9.17, 15) is 19.8 Å². The van der Waals surface area contributed by atoms with Gasteiger partial charge in [0.15, 0.2) is 11.5 Å². The molecule has 0 saturated heterocycles. The van der Waals surface area contributed by atoms with Crippen molar-refractivity contribution < 1.29 is 19.8 Å². The molecule has 0 radical (unpaired) electrons. The highest BCUT2D eigenvalue weighted by molar-refractivity contribution is 5.81. The van der Waals surface area contributed by atoms with E-state index in [1.54, 1.807) is 6.07 Å². The Bertz CT molecular complexity index is 491. The van der Waals surface area contributed by atoms with Crippen molar-refractivity contribution in [3.8, 4) is 11.5 Å². The number of hydrogen-bond acceptors (Lipinski definition) is 5. The number of carbonyl (C=O) groups is 2. The van der Waals surface area contributed by atoms with Gasteiger partial charge in [0, 0.05) is 13.0 Å². The molecule has 0 fully saturated rings. The Hall–Kier alpha value is -2.28. The first-order valence-corrected chi connectivity index (χ1v) is 6.22. The first-order valence-electron chi connectivity index (χ1n) is 6.22. The van der Waals surface area contributed by atoms with Crippen LogP contribution in [0.1, 0.15) is 18.4 Å². The number of phenols is 2. The summed E-state index contributed by atoms with van der Waals surface area (Å²) in [4.78, 5) is 22.2. The molecule has 0 aliphatic heterocycles. The molecule has 0 bridgehead atoms. The summed E-state index contributed by atoms with van der Waals surface area (Å²) in [7, 11) is 0. The number of primary amides is 1. The van der Waals surface area contributed by atoms with Gasteiger partial charge in [-0.2, -0.15) is 0 Å². The lowest BCUT2D eigenvalue weighted by Gasteiger charge is -2.12. The minimum atomic E-state index is -0.771. The fourth-order valence-electron chi connectivity index (χ4n) is 1.65. The highest BCUT2D eigenvalue weighted by atomic mass is 16.3. The molecule has 7 heteroatoms. The molecular formula is C13H19N3O4. The number of phenolic OH excluding ortho intramolecular Hbond substituents is 2. The van der Waals surface area contributed by atoms with Crippen molar-refractivity contribution in [2.45, 2.75) is 25.3 Å². The van der Waals surface area contributed by atoms with Crippen LogP contribution in [0.15, 0.2) is 18.2 Å². The lowest BCUT2D eigenvalue weighted by Crippen LogP contribution is -2.42. The summed E-state index contributed by atoms with van der Waals surface area (Å²) in [5, 5.41) is 21.1. The van der Waals surface area contributed by atoms with Crippen LogP contribution < -0.4 is 16.8 Å². The van der Waals surface area contributed by atoms with Crippen LogP contribution >= 0.6 is 0 Å². The van der Waals surface area contributed by atoms with E-state index in [0.717, 1.165) is 0 Å². The Morgan fingerprint density at radius 1 is 1.25 bits per heavy atom. The largest absolute Gasteiger partial charge is 0.504 e. The van der Waals surface area contributed by atoms with Gasteiger partial charge in [0.1, 0.15) is 0 Å². The van der Waals surface area contributed by atoms with E-state index >= 15 is 0 Å². The van der Waals surface area contributed by atoms with Gasteiger partial charge in [-0.15, -0.1) is 0 Å². The van der Waals surface area contributed by atoms with E-state index in [4.69, 9.17) is 11.5 Å². The lowest BCUT2D eigenvalue weighted by molar-refractivity contribution is -0.123. The molecule has 0 aliphatic carbocycles. The van der Waals surface area contributed by atoms with Gasteiger partial charge in [-0.05, 0) is 30.5 Å². The average Bonchev–Trinajstić information content (AvgIpc) is 2.38. The van der Waals surface area contributed by atoms with Crippen molar-refractivity contribution >= 4 is 11.8 Å². The summed E-state index contributed by atoms with van der Waals surface area (Å²) < 4.78 is 0. The van der Waals surface area contributed by atoms with Crippen molar-refractivity contribution in [2.75, 3.05) is 6.54 Å². The highest BCUT2D eigenvalue weighted by Crippen LogP contribution is 2.25. The van der Waals surface area contributed by atoms with Crippen molar-refractivity contribution in [1.29, 1.82) is 0 Å². The van der Waals surface area contributed by atoms with Gasteiger partial charge in [0.2, 0.25) is 11.8 Å². The van der Waals surface area contributed by atoms with Gasteiger partial charge >= 0.3 is 0 Å². The monoisotopic (exact) mass is 281 g/mol. The van der Waals surface area contributed by atoms with Gasteiger partial charge in [0.25, 0.3) is 0 Å². The Morgan fingerprint density at radius 3 is 2.55 bits per heavy atom. The minimum Gasteiger partial charge on any atom is -0.504 e. The van der Waals surface area contributed by atoms with Gasteiger partial charge in [-0.25, -0.2) is 0 Å². The zero-order chi connectivity index (χ0) is 15.1. The van der Waals surface area contributed by atoms with E-state index in [1.807, 2.05) is 0 Å². The van der Waals surface area contributed by atoms with Crippen molar-refractivity contribution in [3.63, 3.8) is 0 Å². The zero-order valence-electron chi connectivity index (χ0n) is 11.0. The van der Waals surface area contributed by atoms with Gasteiger partial charge in [0.05, 0.1) is 6.04 Å². The molecule has 0 saturated carbocycles.